The van der Waals surface area contributed by atoms with E-state index in [0.29, 0.717) is 19.6 Å². The van der Waals surface area contributed by atoms with Gasteiger partial charge in [-0.15, -0.1) is 0 Å². The lowest BCUT2D eigenvalue weighted by Crippen LogP contribution is -2.46. The molecule has 1 N–H and O–H groups in total. The lowest BCUT2D eigenvalue weighted by molar-refractivity contribution is -0.145. The first kappa shape index (κ1) is 18.1. The lowest BCUT2D eigenvalue weighted by atomic mass is 9.87. The van der Waals surface area contributed by atoms with Crippen LogP contribution in [0.4, 0.5) is 4.39 Å². The standard InChI is InChI=1S/C22H25FN2O2/c1-15-14-27-20(10-12-24-15)22(26)25-13-11-16-4-2-3-5-19(16)21(25)17-6-8-18(23)9-7-17/h2-9,15,20-21,24H,10-14H2,1H3/t15-,20-,21+/m1/s1. The number of amides is 1. The molecule has 0 aromatic heterocycles. The summed E-state index contributed by atoms with van der Waals surface area (Å²) in [5.74, 6) is -0.248. The molecule has 2 aromatic carbocycles. The van der Waals surface area contributed by atoms with Crippen molar-refractivity contribution in [2.45, 2.75) is 38.0 Å². The average Bonchev–Trinajstić information content (AvgIpc) is 2.92. The van der Waals surface area contributed by atoms with Crippen molar-refractivity contribution in [1.29, 1.82) is 0 Å². The van der Waals surface area contributed by atoms with Crippen molar-refractivity contribution in [3.05, 3.63) is 71.0 Å². The number of fused-ring (bicyclic) bond motifs is 1. The highest BCUT2D eigenvalue weighted by molar-refractivity contribution is 5.82. The van der Waals surface area contributed by atoms with Crippen LogP contribution in [0.2, 0.25) is 0 Å². The predicted molar refractivity (Wildman–Crippen MR) is 102 cm³/mol. The molecule has 2 aliphatic heterocycles. The van der Waals surface area contributed by atoms with Crippen LogP contribution in [0.5, 0.6) is 0 Å². The molecule has 2 aliphatic rings. The number of rotatable bonds is 2. The van der Waals surface area contributed by atoms with Crippen LogP contribution in [-0.2, 0) is 16.0 Å². The van der Waals surface area contributed by atoms with Crippen molar-refractivity contribution in [2.75, 3.05) is 19.7 Å². The van der Waals surface area contributed by atoms with Gasteiger partial charge in [-0.3, -0.25) is 4.79 Å². The van der Waals surface area contributed by atoms with Crippen molar-refractivity contribution in [3.63, 3.8) is 0 Å². The van der Waals surface area contributed by atoms with Gasteiger partial charge in [0, 0.05) is 12.6 Å². The highest BCUT2D eigenvalue weighted by atomic mass is 19.1. The van der Waals surface area contributed by atoms with E-state index in [-0.39, 0.29) is 23.8 Å². The molecule has 2 heterocycles. The monoisotopic (exact) mass is 368 g/mol. The van der Waals surface area contributed by atoms with Gasteiger partial charge >= 0.3 is 0 Å². The fourth-order valence-corrected chi connectivity index (χ4v) is 4.05. The number of nitrogens with one attached hydrogen (secondary N) is 1. The maximum Gasteiger partial charge on any atom is 0.252 e. The summed E-state index contributed by atoms with van der Waals surface area (Å²) in [4.78, 5) is 15.3. The molecule has 0 bridgehead atoms. The molecule has 4 nitrogen and oxygen atoms in total. The SMILES string of the molecule is C[C@@H]1CO[C@@H](C(=O)N2CCc3ccccc3[C@@H]2c2ccc(F)cc2)CCN1. The molecule has 0 radical (unpaired) electrons. The smallest absolute Gasteiger partial charge is 0.252 e. The summed E-state index contributed by atoms with van der Waals surface area (Å²) in [6.07, 6.45) is 1.05. The molecule has 1 fully saturated rings. The highest BCUT2D eigenvalue weighted by Crippen LogP contribution is 2.36. The van der Waals surface area contributed by atoms with Crippen LogP contribution in [0.25, 0.3) is 0 Å². The van der Waals surface area contributed by atoms with Crippen molar-refractivity contribution < 1.29 is 13.9 Å². The second kappa shape index (κ2) is 7.79. The Balaban J connectivity index is 1.68. The number of halogens is 1. The van der Waals surface area contributed by atoms with E-state index in [1.165, 1.54) is 17.7 Å². The second-order valence-corrected chi connectivity index (χ2v) is 7.40. The third-order valence-corrected chi connectivity index (χ3v) is 5.47. The minimum atomic E-state index is -0.435. The maximum atomic E-state index is 13.5. The molecule has 0 unspecified atom stereocenters. The molecule has 4 rings (SSSR count). The zero-order chi connectivity index (χ0) is 18.8. The molecule has 0 spiro atoms. The molecular formula is C22H25FN2O2. The van der Waals surface area contributed by atoms with Crippen molar-refractivity contribution in [3.8, 4) is 0 Å². The number of benzene rings is 2. The van der Waals surface area contributed by atoms with Gasteiger partial charge in [-0.1, -0.05) is 36.4 Å². The fraction of sp³-hybridized carbons (Fsp3) is 0.409. The first-order valence-corrected chi connectivity index (χ1v) is 9.62. The normalized spacial score (nSPS) is 25.6. The Kier molecular flexibility index (Phi) is 5.23. The van der Waals surface area contributed by atoms with Crippen LogP contribution in [0.3, 0.4) is 0 Å². The molecule has 2 aromatic rings. The Hall–Kier alpha value is -2.24. The number of hydrogen-bond donors (Lipinski definition) is 1. The van der Waals surface area contributed by atoms with Gasteiger partial charge in [-0.05, 0) is 55.1 Å². The largest absolute Gasteiger partial charge is 0.367 e. The van der Waals surface area contributed by atoms with Gasteiger partial charge in [0.1, 0.15) is 11.9 Å². The topological polar surface area (TPSA) is 41.6 Å². The summed E-state index contributed by atoms with van der Waals surface area (Å²) < 4.78 is 19.4. The molecule has 3 atom stereocenters. The Labute approximate surface area is 159 Å². The summed E-state index contributed by atoms with van der Waals surface area (Å²) in [6.45, 7) is 4.00. The van der Waals surface area contributed by atoms with Gasteiger partial charge in [-0.2, -0.15) is 0 Å². The van der Waals surface area contributed by atoms with Crippen molar-refractivity contribution in [1.82, 2.24) is 10.2 Å². The van der Waals surface area contributed by atoms with E-state index in [0.717, 1.165) is 24.1 Å². The third kappa shape index (κ3) is 3.75. The van der Waals surface area contributed by atoms with Crippen LogP contribution >= 0.6 is 0 Å². The van der Waals surface area contributed by atoms with Crippen LogP contribution in [0, 0.1) is 5.82 Å². The van der Waals surface area contributed by atoms with Crippen LogP contribution in [-0.4, -0.2) is 42.6 Å². The maximum absolute atomic E-state index is 13.5. The number of ether oxygens (including phenoxy) is 1. The average molecular weight is 368 g/mol. The summed E-state index contributed by atoms with van der Waals surface area (Å²) in [7, 11) is 0. The van der Waals surface area contributed by atoms with E-state index in [1.807, 2.05) is 17.0 Å². The first-order chi connectivity index (χ1) is 13.1. The first-order valence-electron chi connectivity index (χ1n) is 9.62. The van der Waals surface area contributed by atoms with Gasteiger partial charge in [0.05, 0.1) is 12.6 Å². The van der Waals surface area contributed by atoms with E-state index in [2.05, 4.69) is 24.4 Å². The molecule has 142 valence electrons. The Morgan fingerprint density at radius 3 is 2.78 bits per heavy atom. The molecule has 0 saturated carbocycles. The Morgan fingerprint density at radius 1 is 1.19 bits per heavy atom. The summed E-state index contributed by atoms with van der Waals surface area (Å²) in [5, 5.41) is 3.36. The van der Waals surface area contributed by atoms with Gasteiger partial charge in [0.2, 0.25) is 0 Å². The molecule has 1 saturated heterocycles. The van der Waals surface area contributed by atoms with Gasteiger partial charge in [0.15, 0.2) is 0 Å². The van der Waals surface area contributed by atoms with E-state index in [9.17, 15) is 9.18 Å². The lowest BCUT2D eigenvalue weighted by Gasteiger charge is -2.39. The van der Waals surface area contributed by atoms with Crippen LogP contribution in [0.1, 0.15) is 36.1 Å². The predicted octanol–water partition coefficient (Wildman–Crippen LogP) is 3.07. The van der Waals surface area contributed by atoms with E-state index >= 15 is 0 Å². The number of carbonyl (C=O) groups is 1. The minimum Gasteiger partial charge on any atom is -0.367 e. The zero-order valence-electron chi connectivity index (χ0n) is 15.5. The van der Waals surface area contributed by atoms with E-state index < -0.39 is 6.10 Å². The molecule has 0 aliphatic carbocycles. The number of carbonyl (C=O) groups excluding carboxylic acids is 1. The second-order valence-electron chi connectivity index (χ2n) is 7.40. The number of hydrogen-bond acceptors (Lipinski definition) is 3. The van der Waals surface area contributed by atoms with E-state index in [1.54, 1.807) is 12.1 Å². The fourth-order valence-electron chi connectivity index (χ4n) is 4.05. The van der Waals surface area contributed by atoms with Crippen LogP contribution < -0.4 is 5.32 Å². The number of nitrogens with zero attached hydrogens (tertiary/aromatic N) is 1. The van der Waals surface area contributed by atoms with E-state index in [4.69, 9.17) is 4.74 Å². The quantitative estimate of drug-likeness (QED) is 0.886. The Bertz CT molecular complexity index is 808. The van der Waals surface area contributed by atoms with Crippen molar-refractivity contribution in [2.24, 2.45) is 0 Å². The molecule has 27 heavy (non-hydrogen) atoms. The highest BCUT2D eigenvalue weighted by Gasteiger charge is 2.36. The van der Waals surface area contributed by atoms with Gasteiger partial charge in [0.25, 0.3) is 5.91 Å². The van der Waals surface area contributed by atoms with Gasteiger partial charge in [-0.25, -0.2) is 4.39 Å². The summed E-state index contributed by atoms with van der Waals surface area (Å²) in [6, 6.07) is 14.7. The van der Waals surface area contributed by atoms with Crippen LogP contribution in [0.15, 0.2) is 48.5 Å². The molecule has 1 amide bonds. The summed E-state index contributed by atoms with van der Waals surface area (Å²) in [5.41, 5.74) is 3.29. The van der Waals surface area contributed by atoms with Gasteiger partial charge < -0.3 is 15.0 Å². The summed E-state index contributed by atoms with van der Waals surface area (Å²) >= 11 is 0. The Morgan fingerprint density at radius 2 is 1.96 bits per heavy atom. The minimum absolute atomic E-state index is 0.0229. The molecule has 5 heteroatoms. The van der Waals surface area contributed by atoms with Crippen molar-refractivity contribution >= 4 is 5.91 Å². The molecular weight excluding hydrogens is 343 g/mol. The third-order valence-electron chi connectivity index (χ3n) is 5.47. The zero-order valence-corrected chi connectivity index (χ0v) is 15.5.